The summed E-state index contributed by atoms with van der Waals surface area (Å²) in [6.45, 7) is 2.77. The fourth-order valence-corrected chi connectivity index (χ4v) is 2.62. The molecule has 0 bridgehead atoms. The van der Waals surface area contributed by atoms with Gasteiger partial charge in [0.1, 0.15) is 0 Å². The fourth-order valence-electron chi connectivity index (χ4n) is 2.27. The van der Waals surface area contributed by atoms with Crippen molar-refractivity contribution in [1.29, 1.82) is 0 Å². The molecule has 1 aromatic carbocycles. The van der Waals surface area contributed by atoms with Crippen LogP contribution in [0.4, 0.5) is 5.69 Å². The van der Waals surface area contributed by atoms with E-state index in [1.54, 1.807) is 4.68 Å². The van der Waals surface area contributed by atoms with Gasteiger partial charge in [-0.2, -0.15) is 5.10 Å². The molecule has 0 aliphatic heterocycles. The van der Waals surface area contributed by atoms with Gasteiger partial charge in [-0.05, 0) is 31.0 Å². The van der Waals surface area contributed by atoms with Crippen LogP contribution in [0.25, 0.3) is 0 Å². The molecule has 1 unspecified atom stereocenters. The molecule has 20 heavy (non-hydrogen) atoms. The molecule has 0 aliphatic carbocycles. The lowest BCUT2D eigenvalue weighted by Gasteiger charge is -2.20. The Hall–Kier alpha value is -1.52. The maximum absolute atomic E-state index is 6.38. The minimum absolute atomic E-state index is 0.144. The van der Waals surface area contributed by atoms with Crippen LogP contribution in [0.2, 0.25) is 5.02 Å². The van der Waals surface area contributed by atoms with Crippen molar-refractivity contribution in [3.05, 3.63) is 46.7 Å². The molecule has 2 N–H and O–H groups in total. The number of benzene rings is 1. The van der Waals surface area contributed by atoms with Gasteiger partial charge >= 0.3 is 0 Å². The van der Waals surface area contributed by atoms with Crippen molar-refractivity contribution in [3.8, 4) is 0 Å². The lowest BCUT2D eigenvalue weighted by Crippen LogP contribution is -2.19. The second-order valence-electron chi connectivity index (χ2n) is 5.35. The number of aryl methyl sites for hydroxylation is 1. The van der Waals surface area contributed by atoms with Gasteiger partial charge in [0, 0.05) is 38.4 Å². The summed E-state index contributed by atoms with van der Waals surface area (Å²) < 4.78 is 1.80. The largest absolute Gasteiger partial charge is 0.369 e. The highest BCUT2D eigenvalue weighted by Crippen LogP contribution is 2.27. The first-order valence-electron chi connectivity index (χ1n) is 6.68. The van der Waals surface area contributed by atoms with Crippen molar-refractivity contribution >= 4 is 17.3 Å². The van der Waals surface area contributed by atoms with Crippen molar-refractivity contribution in [2.24, 2.45) is 12.8 Å². The van der Waals surface area contributed by atoms with Crippen molar-refractivity contribution in [2.75, 3.05) is 11.9 Å². The van der Waals surface area contributed by atoms with Crippen LogP contribution < -0.4 is 10.6 Å². The predicted molar refractivity (Wildman–Crippen MR) is 84.1 cm³/mol. The van der Waals surface area contributed by atoms with E-state index in [9.17, 15) is 0 Å². The van der Waals surface area contributed by atoms with E-state index >= 15 is 0 Å². The van der Waals surface area contributed by atoms with Crippen LogP contribution in [-0.4, -0.2) is 22.9 Å². The number of nitrogens with two attached hydrogens (primary N) is 1. The van der Waals surface area contributed by atoms with Crippen molar-refractivity contribution in [1.82, 2.24) is 9.78 Å². The van der Waals surface area contributed by atoms with Crippen LogP contribution in [0.5, 0.6) is 0 Å². The van der Waals surface area contributed by atoms with Gasteiger partial charge in [0.2, 0.25) is 0 Å². The first-order chi connectivity index (χ1) is 9.45. The minimum atomic E-state index is 0.144. The monoisotopic (exact) mass is 292 g/mol. The molecule has 2 aromatic rings. The Labute approximate surface area is 125 Å². The Morgan fingerprint density at radius 3 is 2.70 bits per heavy atom. The number of rotatable bonds is 5. The quantitative estimate of drug-likeness (QED) is 0.921. The van der Waals surface area contributed by atoms with Gasteiger partial charge in [0.05, 0.1) is 16.9 Å². The van der Waals surface area contributed by atoms with Crippen LogP contribution in [0.15, 0.2) is 30.6 Å². The second-order valence-corrected chi connectivity index (χ2v) is 5.75. The van der Waals surface area contributed by atoms with E-state index < -0.39 is 0 Å². The third kappa shape index (κ3) is 3.74. The molecule has 0 saturated carbocycles. The van der Waals surface area contributed by atoms with Gasteiger partial charge < -0.3 is 10.6 Å². The molecule has 0 radical (unpaired) electrons. The maximum Gasteiger partial charge on any atom is 0.0642 e. The van der Waals surface area contributed by atoms with Gasteiger partial charge in [-0.3, -0.25) is 4.68 Å². The summed E-state index contributed by atoms with van der Waals surface area (Å²) in [5.74, 6) is 0. The van der Waals surface area contributed by atoms with E-state index in [-0.39, 0.29) is 6.04 Å². The topological polar surface area (TPSA) is 47.1 Å². The second kappa shape index (κ2) is 6.29. The summed E-state index contributed by atoms with van der Waals surface area (Å²) >= 11 is 6.38. The highest BCUT2D eigenvalue weighted by atomic mass is 35.5. The molecule has 4 nitrogen and oxygen atoms in total. The number of aromatic nitrogens is 2. The van der Waals surface area contributed by atoms with Crippen molar-refractivity contribution in [3.63, 3.8) is 0 Å². The average molecular weight is 293 g/mol. The Kier molecular flexibility index (Phi) is 4.68. The minimum Gasteiger partial charge on any atom is -0.369 e. The van der Waals surface area contributed by atoms with Crippen LogP contribution in [-0.2, 0) is 20.0 Å². The number of hydrogen-bond donors (Lipinski definition) is 1. The van der Waals surface area contributed by atoms with Crippen LogP contribution in [0, 0.1) is 0 Å². The maximum atomic E-state index is 6.38. The highest BCUT2D eigenvalue weighted by Gasteiger charge is 2.09. The standard InChI is InChI=1S/C15H21ClN4/c1-11(17)6-12-4-5-15(14(16)7-12)19(2)9-13-8-18-20(3)10-13/h4-5,7-8,10-11H,6,9,17H2,1-3H3. The van der Waals surface area contributed by atoms with Gasteiger partial charge in [0.15, 0.2) is 0 Å². The molecule has 0 saturated heterocycles. The Morgan fingerprint density at radius 1 is 1.40 bits per heavy atom. The van der Waals surface area contributed by atoms with E-state index in [0.717, 1.165) is 29.2 Å². The normalized spacial score (nSPS) is 12.4. The summed E-state index contributed by atoms with van der Waals surface area (Å²) in [6, 6.07) is 6.28. The summed E-state index contributed by atoms with van der Waals surface area (Å²) in [6.07, 6.45) is 4.72. The molecular weight excluding hydrogens is 272 g/mol. The Morgan fingerprint density at radius 2 is 2.15 bits per heavy atom. The molecule has 0 fully saturated rings. The number of anilines is 1. The molecule has 0 aliphatic rings. The van der Waals surface area contributed by atoms with Crippen molar-refractivity contribution < 1.29 is 0 Å². The van der Waals surface area contributed by atoms with E-state index in [1.807, 2.05) is 39.5 Å². The zero-order chi connectivity index (χ0) is 14.7. The first kappa shape index (κ1) is 14.9. The number of halogens is 1. The first-order valence-corrected chi connectivity index (χ1v) is 7.06. The summed E-state index contributed by atoms with van der Waals surface area (Å²) in [5.41, 5.74) is 9.16. The molecule has 5 heteroatoms. The molecule has 1 atom stereocenters. The van der Waals surface area contributed by atoms with Crippen molar-refractivity contribution in [2.45, 2.75) is 25.9 Å². The zero-order valence-corrected chi connectivity index (χ0v) is 12.9. The number of hydrogen-bond acceptors (Lipinski definition) is 3. The van der Waals surface area contributed by atoms with E-state index in [0.29, 0.717) is 0 Å². The molecule has 108 valence electrons. The molecule has 1 aromatic heterocycles. The molecular formula is C15H21ClN4. The van der Waals surface area contributed by atoms with Gasteiger partial charge in [0.25, 0.3) is 0 Å². The smallest absolute Gasteiger partial charge is 0.0642 e. The van der Waals surface area contributed by atoms with Crippen LogP contribution in [0.3, 0.4) is 0 Å². The van der Waals surface area contributed by atoms with E-state index in [1.165, 1.54) is 5.56 Å². The number of nitrogens with zero attached hydrogens (tertiary/aromatic N) is 3. The predicted octanol–water partition coefficient (Wildman–Crippen LogP) is 2.60. The Balaban J connectivity index is 2.11. The third-order valence-electron chi connectivity index (χ3n) is 3.16. The van der Waals surface area contributed by atoms with E-state index in [4.69, 9.17) is 17.3 Å². The highest BCUT2D eigenvalue weighted by molar-refractivity contribution is 6.33. The molecule has 0 spiro atoms. The summed E-state index contributed by atoms with van der Waals surface area (Å²) in [7, 11) is 3.94. The molecule has 0 amide bonds. The zero-order valence-electron chi connectivity index (χ0n) is 12.2. The lowest BCUT2D eigenvalue weighted by atomic mass is 10.1. The third-order valence-corrected chi connectivity index (χ3v) is 3.46. The SMILES string of the molecule is CC(N)Cc1ccc(N(C)Cc2cnn(C)c2)c(Cl)c1. The average Bonchev–Trinajstić information content (AvgIpc) is 2.73. The fraction of sp³-hybridized carbons (Fsp3) is 0.400. The summed E-state index contributed by atoms with van der Waals surface area (Å²) in [4.78, 5) is 2.12. The van der Waals surface area contributed by atoms with Gasteiger partial charge in [-0.1, -0.05) is 17.7 Å². The van der Waals surface area contributed by atoms with E-state index in [2.05, 4.69) is 22.1 Å². The Bertz CT molecular complexity index is 577. The summed E-state index contributed by atoms with van der Waals surface area (Å²) in [5, 5.41) is 4.93. The van der Waals surface area contributed by atoms with Crippen LogP contribution >= 0.6 is 11.6 Å². The van der Waals surface area contributed by atoms with Gasteiger partial charge in [-0.15, -0.1) is 0 Å². The van der Waals surface area contributed by atoms with Crippen LogP contribution in [0.1, 0.15) is 18.1 Å². The molecule has 2 rings (SSSR count). The van der Waals surface area contributed by atoms with Gasteiger partial charge in [-0.25, -0.2) is 0 Å². The molecule has 1 heterocycles. The lowest BCUT2D eigenvalue weighted by molar-refractivity contribution is 0.738.